The van der Waals surface area contributed by atoms with Crippen molar-refractivity contribution in [2.45, 2.75) is 62.9 Å². The zero-order valence-corrected chi connectivity index (χ0v) is 20.0. The molecule has 168 valence electrons. The second kappa shape index (κ2) is 10.4. The first-order valence-electron chi connectivity index (χ1n) is 10.9. The fraction of sp³-hybridized carbons (Fsp3) is 0.480. The van der Waals surface area contributed by atoms with Gasteiger partial charge in [0.15, 0.2) is 11.5 Å². The number of hydroxylamine groups is 2. The molecule has 0 fully saturated rings. The highest BCUT2D eigenvalue weighted by Gasteiger charge is 2.46. The van der Waals surface area contributed by atoms with Crippen LogP contribution in [0.4, 0.5) is 0 Å². The first-order valence-corrected chi connectivity index (χ1v) is 11.9. The van der Waals surface area contributed by atoms with Gasteiger partial charge in [-0.3, -0.25) is 4.79 Å². The molecule has 31 heavy (non-hydrogen) atoms. The van der Waals surface area contributed by atoms with Gasteiger partial charge in [0.05, 0.1) is 25.8 Å². The third-order valence-electron chi connectivity index (χ3n) is 6.00. The van der Waals surface area contributed by atoms with Gasteiger partial charge in [0.1, 0.15) is 0 Å². The summed E-state index contributed by atoms with van der Waals surface area (Å²) < 4.78 is 11.2. The molecule has 3 rings (SSSR count). The number of hydrogen-bond donors (Lipinski definition) is 0. The molecule has 1 aliphatic rings. The Morgan fingerprint density at radius 3 is 2.39 bits per heavy atom. The highest BCUT2D eigenvalue weighted by molar-refractivity contribution is 7.99. The summed E-state index contributed by atoms with van der Waals surface area (Å²) >= 11 is 1.80. The third kappa shape index (κ3) is 4.85. The summed E-state index contributed by atoms with van der Waals surface area (Å²) in [6, 6.07) is 14.1. The Hall–Kier alpha value is -2.18. The van der Waals surface area contributed by atoms with Crippen molar-refractivity contribution in [3.63, 3.8) is 0 Å². The maximum Gasteiger partial charge on any atom is 0.322 e. The van der Waals surface area contributed by atoms with Crippen molar-refractivity contribution >= 4 is 17.7 Å². The minimum Gasteiger partial charge on any atom is -0.493 e. The van der Waals surface area contributed by atoms with Crippen LogP contribution in [-0.4, -0.2) is 36.5 Å². The first-order chi connectivity index (χ1) is 15.0. The zero-order valence-electron chi connectivity index (χ0n) is 19.1. The molecule has 0 saturated heterocycles. The van der Waals surface area contributed by atoms with Gasteiger partial charge in [-0.05, 0) is 36.1 Å². The molecule has 2 aromatic carbocycles. The highest BCUT2D eigenvalue weighted by atomic mass is 32.2. The van der Waals surface area contributed by atoms with Crippen LogP contribution in [0.2, 0.25) is 0 Å². The van der Waals surface area contributed by atoms with Crippen molar-refractivity contribution in [3.8, 4) is 11.5 Å². The lowest BCUT2D eigenvalue weighted by molar-refractivity contribution is -0.232. The van der Waals surface area contributed by atoms with E-state index in [1.807, 2.05) is 35.4 Å². The average Bonchev–Trinajstić information content (AvgIpc) is 2.91. The summed E-state index contributed by atoms with van der Waals surface area (Å²) in [5.41, 5.74) is 1.85. The van der Waals surface area contributed by atoms with Crippen LogP contribution in [0, 0.1) is 0 Å². The Kier molecular flexibility index (Phi) is 7.89. The molecule has 6 heteroatoms. The van der Waals surface area contributed by atoms with Crippen molar-refractivity contribution < 1.29 is 19.1 Å². The lowest BCUT2D eigenvalue weighted by Gasteiger charge is -2.44. The zero-order chi connectivity index (χ0) is 22.4. The summed E-state index contributed by atoms with van der Waals surface area (Å²) in [5, 5.41) is 1.98. The highest BCUT2D eigenvalue weighted by Crippen LogP contribution is 2.50. The summed E-state index contributed by atoms with van der Waals surface area (Å²) in [7, 11) is 3.30. The molecule has 0 bridgehead atoms. The smallest absolute Gasteiger partial charge is 0.322 e. The molecule has 0 aromatic heterocycles. The molecule has 2 atom stereocenters. The second-order valence-corrected chi connectivity index (χ2v) is 8.95. The summed E-state index contributed by atoms with van der Waals surface area (Å²) in [6.07, 6.45) is 3.98. The van der Waals surface area contributed by atoms with E-state index in [1.165, 1.54) is 6.92 Å². The van der Waals surface area contributed by atoms with E-state index < -0.39 is 0 Å². The Morgan fingerprint density at radius 2 is 1.81 bits per heavy atom. The Labute approximate surface area is 190 Å². The fourth-order valence-corrected chi connectivity index (χ4v) is 5.68. The molecular formula is C25H33NO4S. The molecule has 0 amide bonds. The maximum absolute atomic E-state index is 12.3. The van der Waals surface area contributed by atoms with E-state index in [9.17, 15) is 4.79 Å². The van der Waals surface area contributed by atoms with Crippen LogP contribution < -0.4 is 9.47 Å². The molecule has 0 radical (unpaired) electrons. The van der Waals surface area contributed by atoms with E-state index in [-0.39, 0.29) is 17.6 Å². The van der Waals surface area contributed by atoms with Gasteiger partial charge in [-0.15, -0.1) is 16.8 Å². The van der Waals surface area contributed by atoms with Crippen molar-refractivity contribution in [1.82, 2.24) is 5.06 Å². The number of unbranched alkanes of at least 4 members (excludes halogenated alkanes) is 1. The molecule has 1 aliphatic heterocycles. The van der Waals surface area contributed by atoms with Crippen LogP contribution in [0.15, 0.2) is 47.4 Å². The summed E-state index contributed by atoms with van der Waals surface area (Å²) in [6.45, 7) is 5.87. The molecular weight excluding hydrogens is 410 g/mol. The number of hydrogen-bond acceptors (Lipinski definition) is 6. The van der Waals surface area contributed by atoms with Crippen molar-refractivity contribution in [2.24, 2.45) is 0 Å². The van der Waals surface area contributed by atoms with Crippen molar-refractivity contribution in [2.75, 3.05) is 20.0 Å². The average molecular weight is 444 g/mol. The monoisotopic (exact) mass is 443 g/mol. The summed E-state index contributed by atoms with van der Waals surface area (Å²) in [5.74, 6) is 1.90. The molecule has 2 aromatic rings. The SMILES string of the molecule is CCCC[C@]1(CC)CSc2cc(OC)c(OC)cc2[C@H](c2ccccc2)N1OC(C)=O. The van der Waals surface area contributed by atoms with Gasteiger partial charge >= 0.3 is 5.97 Å². The number of nitrogens with zero attached hydrogens (tertiary/aromatic N) is 1. The van der Waals surface area contributed by atoms with Gasteiger partial charge in [-0.25, -0.2) is 0 Å². The number of fused-ring (bicyclic) bond motifs is 1. The van der Waals surface area contributed by atoms with Gasteiger partial charge in [-0.1, -0.05) is 57.0 Å². The standard InChI is InChI=1S/C25H33NO4S/c1-6-8-14-25(7-2)17-31-23-16-22(29-5)21(28-4)15-20(23)24(26(25)30-18(3)27)19-12-10-9-11-13-19/h9-13,15-16,24H,6-8,14,17H2,1-5H3/t24-,25+/m0/s1. The summed E-state index contributed by atoms with van der Waals surface area (Å²) in [4.78, 5) is 19.5. The molecule has 5 nitrogen and oxygen atoms in total. The quantitative estimate of drug-likeness (QED) is 0.497. The molecule has 0 saturated carbocycles. The van der Waals surface area contributed by atoms with Crippen molar-refractivity contribution in [3.05, 3.63) is 53.6 Å². The normalized spacial score (nSPS) is 21.1. The molecule has 0 N–H and O–H groups in total. The lowest BCUT2D eigenvalue weighted by Crippen LogP contribution is -2.52. The van der Waals surface area contributed by atoms with Crippen LogP contribution in [0.5, 0.6) is 11.5 Å². The number of methoxy groups -OCH3 is 2. The molecule has 0 aliphatic carbocycles. The minimum absolute atomic E-state index is 0.244. The number of rotatable bonds is 8. The van der Waals surface area contributed by atoms with Gasteiger partial charge in [-0.2, -0.15) is 0 Å². The minimum atomic E-state index is -0.302. The number of ether oxygens (including phenoxy) is 2. The second-order valence-electron chi connectivity index (χ2n) is 7.94. The fourth-order valence-electron chi connectivity index (χ4n) is 4.25. The maximum atomic E-state index is 12.3. The van der Waals surface area contributed by atoms with Gasteiger partial charge < -0.3 is 14.3 Å². The van der Waals surface area contributed by atoms with E-state index in [0.29, 0.717) is 11.5 Å². The van der Waals surface area contributed by atoms with Crippen molar-refractivity contribution in [1.29, 1.82) is 0 Å². The first kappa shape index (κ1) is 23.5. The van der Waals surface area contributed by atoms with Crippen LogP contribution in [0.1, 0.15) is 63.6 Å². The van der Waals surface area contributed by atoms with Crippen LogP contribution in [0.25, 0.3) is 0 Å². The van der Waals surface area contributed by atoms with Crippen LogP contribution in [-0.2, 0) is 9.63 Å². The molecule has 1 heterocycles. The number of carbonyl (C=O) groups is 1. The van der Waals surface area contributed by atoms with E-state index in [2.05, 4.69) is 26.0 Å². The Bertz CT molecular complexity index is 889. The van der Waals surface area contributed by atoms with E-state index >= 15 is 0 Å². The van der Waals surface area contributed by atoms with Gasteiger partial charge in [0.25, 0.3) is 0 Å². The number of thioether (sulfide) groups is 1. The topological polar surface area (TPSA) is 48.0 Å². The molecule has 0 unspecified atom stereocenters. The number of benzene rings is 2. The Balaban J connectivity index is 2.27. The lowest BCUT2D eigenvalue weighted by atomic mass is 9.87. The van der Waals surface area contributed by atoms with Gasteiger partial charge in [0, 0.05) is 17.6 Å². The van der Waals surface area contributed by atoms with Gasteiger partial charge in [0.2, 0.25) is 0 Å². The van der Waals surface area contributed by atoms with Crippen LogP contribution >= 0.6 is 11.8 Å². The number of carbonyl (C=O) groups excluding carboxylic acids is 1. The van der Waals surface area contributed by atoms with E-state index in [4.69, 9.17) is 14.3 Å². The predicted octanol–water partition coefficient (Wildman–Crippen LogP) is 6.02. The largest absolute Gasteiger partial charge is 0.493 e. The van der Waals surface area contributed by atoms with E-state index in [0.717, 1.165) is 47.5 Å². The Morgan fingerprint density at radius 1 is 1.13 bits per heavy atom. The third-order valence-corrected chi connectivity index (χ3v) is 7.35. The molecule has 0 spiro atoms. The van der Waals surface area contributed by atoms with E-state index in [1.54, 1.807) is 26.0 Å². The van der Waals surface area contributed by atoms with Crippen LogP contribution in [0.3, 0.4) is 0 Å². The predicted molar refractivity (Wildman–Crippen MR) is 125 cm³/mol.